The Morgan fingerprint density at radius 1 is 1.13 bits per heavy atom. The Morgan fingerprint density at radius 3 is 2.23 bits per heavy atom. The zero-order valence-corrected chi connectivity index (χ0v) is 17.7. The molecule has 2 heterocycles. The van der Waals surface area contributed by atoms with Gasteiger partial charge in [-0.05, 0) is 42.8 Å². The van der Waals surface area contributed by atoms with Crippen LogP contribution >= 0.6 is 15.9 Å². The second kappa shape index (κ2) is 8.02. The molecule has 0 fully saturated rings. The highest BCUT2D eigenvalue weighted by Crippen LogP contribution is 2.31. The minimum absolute atomic E-state index is 0.0430. The Bertz CT molecular complexity index is 1150. The van der Waals surface area contributed by atoms with Crippen LogP contribution < -0.4 is 5.32 Å². The van der Waals surface area contributed by atoms with Gasteiger partial charge in [0.05, 0.1) is 31.4 Å². The average Bonchev–Trinajstić information content (AvgIpc) is 3.23. The number of hydrogen-bond acceptors (Lipinski definition) is 7. The molecule has 0 saturated heterocycles. The van der Waals surface area contributed by atoms with Gasteiger partial charge < -0.3 is 5.32 Å². The van der Waals surface area contributed by atoms with Crippen LogP contribution in [0.3, 0.4) is 0 Å². The zero-order valence-electron chi connectivity index (χ0n) is 16.1. The number of aromatic nitrogens is 4. The second-order valence-corrected chi connectivity index (χ2v) is 7.27. The Balaban J connectivity index is 1.82. The first-order valence-electron chi connectivity index (χ1n) is 8.56. The van der Waals surface area contributed by atoms with Gasteiger partial charge in [-0.15, -0.1) is 0 Å². The minimum atomic E-state index is -0.737. The third-order valence-corrected chi connectivity index (χ3v) is 5.60. The molecule has 0 aliphatic heterocycles. The lowest BCUT2D eigenvalue weighted by molar-refractivity contribution is -0.395. The molecule has 0 radical (unpaired) electrons. The maximum atomic E-state index is 12.5. The number of carbonyl (C=O) groups is 1. The topological polar surface area (TPSA) is 151 Å². The third-order valence-electron chi connectivity index (χ3n) is 4.45. The number of halogens is 1. The smallest absolute Gasteiger partial charge is 0.281 e. The molecular weight excluding hydrogens is 462 g/mol. The van der Waals surface area contributed by atoms with Crippen LogP contribution in [0.1, 0.15) is 27.4 Å². The van der Waals surface area contributed by atoms with Crippen molar-refractivity contribution in [2.24, 2.45) is 0 Å². The lowest BCUT2D eigenvalue weighted by Gasteiger charge is -2.06. The van der Waals surface area contributed by atoms with Crippen LogP contribution in [-0.4, -0.2) is 35.3 Å². The largest absolute Gasteiger partial charge is 0.320 e. The first-order chi connectivity index (χ1) is 14.1. The van der Waals surface area contributed by atoms with Crippen molar-refractivity contribution in [2.45, 2.75) is 27.4 Å². The zero-order chi connectivity index (χ0) is 22.2. The van der Waals surface area contributed by atoms with E-state index in [0.29, 0.717) is 0 Å². The van der Waals surface area contributed by atoms with E-state index in [1.807, 2.05) is 13.8 Å². The first kappa shape index (κ1) is 21.1. The van der Waals surface area contributed by atoms with E-state index in [1.165, 1.54) is 17.7 Å². The summed E-state index contributed by atoms with van der Waals surface area (Å²) in [5, 5.41) is 33.3. The average molecular weight is 478 g/mol. The molecule has 0 aliphatic carbocycles. The van der Waals surface area contributed by atoms with Crippen LogP contribution in [0.2, 0.25) is 0 Å². The van der Waals surface area contributed by atoms with Crippen LogP contribution in [0.25, 0.3) is 0 Å². The van der Waals surface area contributed by atoms with Crippen molar-refractivity contribution in [3.63, 3.8) is 0 Å². The number of nitrogens with one attached hydrogen (secondary N) is 1. The van der Waals surface area contributed by atoms with Gasteiger partial charge in [-0.2, -0.15) is 10.2 Å². The van der Waals surface area contributed by atoms with E-state index in [4.69, 9.17) is 0 Å². The molecule has 0 spiro atoms. The van der Waals surface area contributed by atoms with Crippen LogP contribution in [0, 0.1) is 41.0 Å². The fourth-order valence-electron chi connectivity index (χ4n) is 2.84. The number of nitrogens with zero attached hydrogens (tertiary/aromatic N) is 6. The van der Waals surface area contributed by atoms with Crippen molar-refractivity contribution in [3.05, 3.63) is 71.7 Å². The third kappa shape index (κ3) is 4.05. The van der Waals surface area contributed by atoms with E-state index >= 15 is 0 Å². The summed E-state index contributed by atoms with van der Waals surface area (Å²) in [6.45, 7) is 5.29. The molecule has 0 unspecified atom stereocenters. The number of nitro groups is 2. The van der Waals surface area contributed by atoms with Gasteiger partial charge in [0.15, 0.2) is 5.69 Å². The van der Waals surface area contributed by atoms with Crippen LogP contribution in [0.4, 0.5) is 17.1 Å². The molecule has 1 amide bonds. The standard InChI is InChI=1S/C17H16BrN7O5/c1-9-14(24(27)28)6-12(7-15(9)25(29)30)19-17(26)13-4-5-22(21-13)8-23-11(3)16(18)10(2)20-23/h4-7H,8H2,1-3H3,(H,19,26). The number of anilines is 1. The highest BCUT2D eigenvalue weighted by atomic mass is 79.9. The monoisotopic (exact) mass is 477 g/mol. The minimum Gasteiger partial charge on any atom is -0.320 e. The van der Waals surface area contributed by atoms with Gasteiger partial charge in [0, 0.05) is 18.3 Å². The predicted molar refractivity (Wildman–Crippen MR) is 109 cm³/mol. The van der Waals surface area contributed by atoms with Crippen LogP contribution in [0.5, 0.6) is 0 Å². The lowest BCUT2D eigenvalue weighted by Crippen LogP contribution is -2.16. The molecule has 156 valence electrons. The summed E-state index contributed by atoms with van der Waals surface area (Å²) in [5.41, 5.74) is 0.680. The molecular formula is C17H16BrN7O5. The Labute approximate surface area is 177 Å². The van der Waals surface area contributed by atoms with E-state index < -0.39 is 27.1 Å². The summed E-state index contributed by atoms with van der Waals surface area (Å²) in [5.74, 6) is -0.657. The predicted octanol–water partition coefficient (Wildman–Crippen LogP) is 3.34. The molecule has 1 N–H and O–H groups in total. The number of amides is 1. The maximum Gasteiger partial charge on any atom is 0.281 e. The fraction of sp³-hybridized carbons (Fsp3) is 0.235. The number of hydrogen-bond donors (Lipinski definition) is 1. The SMILES string of the molecule is Cc1nn(Cn2ccc(C(=O)Nc3cc([N+](=O)[O-])c(C)c([N+](=O)[O-])c3)n2)c(C)c1Br. The van der Waals surface area contributed by atoms with E-state index in [2.05, 4.69) is 31.4 Å². The van der Waals surface area contributed by atoms with Crippen molar-refractivity contribution < 1.29 is 14.6 Å². The summed E-state index contributed by atoms with van der Waals surface area (Å²) in [6, 6.07) is 3.61. The normalized spacial score (nSPS) is 10.8. The Hall–Kier alpha value is -3.61. The first-order valence-corrected chi connectivity index (χ1v) is 9.35. The Kier molecular flexibility index (Phi) is 5.64. The fourth-order valence-corrected chi connectivity index (χ4v) is 3.13. The van der Waals surface area contributed by atoms with Gasteiger partial charge in [-0.25, -0.2) is 4.68 Å². The summed E-state index contributed by atoms with van der Waals surface area (Å²) in [4.78, 5) is 33.4. The van der Waals surface area contributed by atoms with E-state index in [0.717, 1.165) is 28.0 Å². The molecule has 0 bridgehead atoms. The quantitative estimate of drug-likeness (QED) is 0.421. The van der Waals surface area contributed by atoms with Crippen molar-refractivity contribution in [3.8, 4) is 0 Å². The van der Waals surface area contributed by atoms with Crippen molar-refractivity contribution in [2.75, 3.05) is 5.32 Å². The van der Waals surface area contributed by atoms with E-state index in [-0.39, 0.29) is 23.6 Å². The van der Waals surface area contributed by atoms with E-state index in [9.17, 15) is 25.0 Å². The van der Waals surface area contributed by atoms with Gasteiger partial charge in [0.2, 0.25) is 0 Å². The van der Waals surface area contributed by atoms with Crippen molar-refractivity contribution in [1.29, 1.82) is 0 Å². The van der Waals surface area contributed by atoms with Crippen molar-refractivity contribution >= 4 is 38.9 Å². The van der Waals surface area contributed by atoms with Gasteiger partial charge in [0.1, 0.15) is 12.2 Å². The van der Waals surface area contributed by atoms with Crippen LogP contribution in [0.15, 0.2) is 28.9 Å². The summed E-state index contributed by atoms with van der Waals surface area (Å²) < 4.78 is 4.09. The number of nitro benzene ring substituents is 2. The molecule has 0 saturated carbocycles. The van der Waals surface area contributed by atoms with Crippen molar-refractivity contribution in [1.82, 2.24) is 19.6 Å². The summed E-state index contributed by atoms with van der Waals surface area (Å²) in [6.07, 6.45) is 1.58. The van der Waals surface area contributed by atoms with Gasteiger partial charge in [0.25, 0.3) is 17.3 Å². The molecule has 0 aliphatic rings. The molecule has 12 nitrogen and oxygen atoms in total. The molecule has 13 heteroatoms. The Morgan fingerprint density at radius 2 is 1.73 bits per heavy atom. The number of benzene rings is 1. The van der Waals surface area contributed by atoms with E-state index in [1.54, 1.807) is 10.9 Å². The summed E-state index contributed by atoms with van der Waals surface area (Å²) in [7, 11) is 0. The number of carbonyl (C=O) groups excluding carboxylic acids is 1. The summed E-state index contributed by atoms with van der Waals surface area (Å²) >= 11 is 3.44. The van der Waals surface area contributed by atoms with Crippen LogP contribution in [-0.2, 0) is 6.67 Å². The highest BCUT2D eigenvalue weighted by molar-refractivity contribution is 9.10. The molecule has 30 heavy (non-hydrogen) atoms. The molecule has 2 aromatic heterocycles. The molecule has 3 rings (SSSR count). The lowest BCUT2D eigenvalue weighted by atomic mass is 10.1. The highest BCUT2D eigenvalue weighted by Gasteiger charge is 2.24. The molecule has 3 aromatic rings. The molecule has 0 atom stereocenters. The molecule has 1 aromatic carbocycles. The second-order valence-electron chi connectivity index (χ2n) is 6.47. The number of aryl methyl sites for hydroxylation is 1. The maximum absolute atomic E-state index is 12.5. The van der Waals surface area contributed by atoms with Gasteiger partial charge >= 0.3 is 0 Å². The van der Waals surface area contributed by atoms with Gasteiger partial charge in [-0.3, -0.25) is 29.7 Å². The van der Waals surface area contributed by atoms with Gasteiger partial charge in [-0.1, -0.05) is 0 Å². The number of rotatable bonds is 6.